The maximum Gasteiger partial charge on any atom is 0.248 e. The van der Waals surface area contributed by atoms with Crippen LogP contribution in [0.3, 0.4) is 0 Å². The largest absolute Gasteiger partial charge is 0.394 e. The first-order valence-electron chi connectivity index (χ1n) is 33.5. The van der Waals surface area contributed by atoms with E-state index < -0.39 is 229 Å². The number of likely N-dealkylation sites (N-methyl/N-ethyl adjacent to an activating group) is 6. The van der Waals surface area contributed by atoms with Crippen molar-refractivity contribution in [3.8, 4) is 0 Å². The third kappa shape index (κ3) is 23.4. The van der Waals surface area contributed by atoms with E-state index >= 15 is 0 Å². The van der Waals surface area contributed by atoms with Gasteiger partial charge in [0.15, 0.2) is 0 Å². The van der Waals surface area contributed by atoms with Crippen molar-refractivity contribution >= 4 is 82.7 Å². The molecule has 2 rings (SSSR count). The molecule has 0 bridgehead atoms. The topological polar surface area (TPSA) is 436 Å². The summed E-state index contributed by atoms with van der Waals surface area (Å²) < 4.78 is 0. The highest BCUT2D eigenvalue weighted by Gasteiger charge is 2.45. The summed E-state index contributed by atoms with van der Waals surface area (Å²) in [6, 6.07) is -9.57. The maximum atomic E-state index is 14.7. The van der Waals surface area contributed by atoms with E-state index in [9.17, 15) is 87.5 Å². The zero-order chi connectivity index (χ0) is 76.1. The zero-order valence-corrected chi connectivity index (χ0v) is 61.4. The summed E-state index contributed by atoms with van der Waals surface area (Å²) in [5.41, 5.74) is 0.574. The van der Waals surface area contributed by atoms with Crippen LogP contribution in [-0.4, -0.2) is 286 Å². The number of amides is 14. The van der Waals surface area contributed by atoms with E-state index in [-0.39, 0.29) is 12.8 Å². The van der Waals surface area contributed by atoms with Gasteiger partial charge in [-0.25, -0.2) is 0 Å². The second kappa shape index (κ2) is 39.4. The van der Waals surface area contributed by atoms with Gasteiger partial charge in [-0.3, -0.25) is 67.1 Å². The Morgan fingerprint density at radius 3 is 1.09 bits per heavy atom. The van der Waals surface area contributed by atoms with E-state index in [0.29, 0.717) is 5.56 Å². The molecule has 0 aliphatic carbocycles. The summed E-state index contributed by atoms with van der Waals surface area (Å²) in [6.45, 7) is 19.4. The minimum absolute atomic E-state index is 0.125. The molecule has 558 valence electrons. The molecule has 15 atom stereocenters. The van der Waals surface area contributed by atoms with E-state index in [0.717, 1.165) is 29.4 Å². The lowest BCUT2D eigenvalue weighted by Crippen LogP contribution is -2.64. The summed E-state index contributed by atoms with van der Waals surface area (Å²) in [7, 11) is 7.35. The van der Waals surface area contributed by atoms with Crippen LogP contribution in [0.15, 0.2) is 30.3 Å². The van der Waals surface area contributed by atoms with Crippen LogP contribution in [0, 0.1) is 35.5 Å². The zero-order valence-electron chi connectivity index (χ0n) is 61.4. The number of nitrogens with one attached hydrogen (secondary N) is 8. The van der Waals surface area contributed by atoms with Crippen molar-refractivity contribution in [1.29, 1.82) is 0 Å². The van der Waals surface area contributed by atoms with Crippen LogP contribution in [0.25, 0.3) is 0 Å². The third-order valence-electron chi connectivity index (χ3n) is 18.0. The standard InChI is InChI=1S/C67H112N14O18/c1-22-38(12)53-59(91)70-43(31-82)57(89)73-51(36(8)9)65(97)77(17)44(28-42-26-24-23-25-27-42)58(90)69-30-47(87)72-49(34(4)5)66(98)80(20)54(40(14)84)61(93)75-52(37(10)11)67(99)81(21)55(41(15)85)60(92)74-50(35(6)7)63(95)76(16)39(13)56(88)68-29-46(86)71-48(33(2)3)64(96)78(18)45(32-83)62(94)79(53)19/h23-27,33-41,43-45,48-55,82-85H,22,28-32H2,1-21H3,(H,68,88)(H,69,90)(H,70,91)(H,71,86)(H,72,87)(H,73,89)(H,74,92)(H,75,93)/t38-,39+,40+,41+,43-,44+,45-,48-,49-,50-,51-,52-,53-,54-,55-/m0/s1. The van der Waals surface area contributed by atoms with Crippen molar-refractivity contribution < 1.29 is 87.5 Å². The molecular formula is C67H112N14O18. The molecule has 0 radical (unpaired) electrons. The predicted octanol–water partition coefficient (Wildman–Crippen LogP) is -3.56. The number of carbonyl (C=O) groups excluding carboxylic acids is 14. The van der Waals surface area contributed by atoms with Gasteiger partial charge < -0.3 is 92.4 Å². The van der Waals surface area contributed by atoms with Crippen LogP contribution < -0.4 is 42.5 Å². The minimum Gasteiger partial charge on any atom is -0.394 e. The smallest absolute Gasteiger partial charge is 0.248 e. The molecule has 1 aliphatic heterocycles. The Morgan fingerprint density at radius 1 is 0.394 bits per heavy atom. The van der Waals surface area contributed by atoms with E-state index in [4.69, 9.17) is 0 Å². The second-order valence-corrected chi connectivity index (χ2v) is 27.4. The van der Waals surface area contributed by atoms with E-state index in [2.05, 4.69) is 42.5 Å². The average Bonchev–Trinajstić information content (AvgIpc) is 0.826. The summed E-state index contributed by atoms with van der Waals surface area (Å²) in [5, 5.41) is 63.9. The van der Waals surface area contributed by atoms with Crippen LogP contribution >= 0.6 is 0 Å². The SMILES string of the molecule is CC[C@H](C)[C@H]1C(=O)N[C@@H](CO)C(=O)N[C@@H](C(C)C)C(=O)N(C)[C@H](Cc2ccccc2)C(=O)NCC(=O)N[C@@H](C(C)C)C(=O)N(C)[C@@H]([C@@H](C)O)C(=O)N[C@@H](C(C)C)C(=O)N(C)[C@@H]([C@@H](C)O)C(=O)N[C@@H](C(C)C)C(=O)N(C)[C@H](C)C(=O)NCC(=O)N[C@@H](C(C)C)C(=O)N(C)[C@@H](CO)C(=O)N1C. The van der Waals surface area contributed by atoms with Crippen molar-refractivity contribution in [3.63, 3.8) is 0 Å². The Bertz CT molecular complexity index is 2990. The average molecular weight is 1400 g/mol. The Hall–Kier alpha value is -8.36. The van der Waals surface area contributed by atoms with Gasteiger partial charge in [0.1, 0.15) is 72.5 Å². The molecule has 1 aromatic rings. The molecule has 0 aromatic heterocycles. The lowest BCUT2D eigenvalue weighted by Gasteiger charge is -2.37. The highest BCUT2D eigenvalue weighted by molar-refractivity contribution is 6.00. The molecule has 14 amide bonds. The molecule has 1 fully saturated rings. The summed E-state index contributed by atoms with van der Waals surface area (Å²) >= 11 is 0. The number of hydrogen-bond acceptors (Lipinski definition) is 18. The normalized spacial score (nSPS) is 27.3. The molecule has 12 N–H and O–H groups in total. The van der Waals surface area contributed by atoms with Gasteiger partial charge >= 0.3 is 0 Å². The molecule has 32 nitrogen and oxygen atoms in total. The molecular weight excluding hydrogens is 1290 g/mol. The van der Waals surface area contributed by atoms with Crippen molar-refractivity contribution in [2.75, 3.05) is 68.6 Å². The fourth-order valence-corrected chi connectivity index (χ4v) is 11.3. The van der Waals surface area contributed by atoms with Gasteiger partial charge in [-0.1, -0.05) is 120 Å². The Kier molecular flexibility index (Phi) is 34.5. The molecule has 0 unspecified atom stereocenters. The van der Waals surface area contributed by atoms with Crippen LogP contribution in [0.2, 0.25) is 0 Å². The lowest BCUT2D eigenvalue weighted by molar-refractivity contribution is -0.152. The van der Waals surface area contributed by atoms with Gasteiger partial charge in [-0.2, -0.15) is 0 Å². The molecule has 1 saturated heterocycles. The predicted molar refractivity (Wildman–Crippen MR) is 364 cm³/mol. The molecule has 1 aliphatic rings. The summed E-state index contributed by atoms with van der Waals surface area (Å²) in [5.74, 6) is -17.0. The first-order valence-corrected chi connectivity index (χ1v) is 33.5. The van der Waals surface area contributed by atoms with Gasteiger partial charge in [-0.15, -0.1) is 0 Å². The van der Waals surface area contributed by atoms with Crippen LogP contribution in [0.1, 0.15) is 116 Å². The van der Waals surface area contributed by atoms with Crippen LogP contribution in [-0.2, 0) is 73.5 Å². The number of aliphatic hydroxyl groups is 4. The second-order valence-electron chi connectivity index (χ2n) is 27.4. The van der Waals surface area contributed by atoms with Crippen molar-refractivity contribution in [2.24, 2.45) is 35.5 Å². The molecule has 0 spiro atoms. The fraction of sp³-hybridized carbons (Fsp3) is 0.701. The molecule has 99 heavy (non-hydrogen) atoms. The maximum absolute atomic E-state index is 14.7. The number of aliphatic hydroxyl groups excluding tert-OH is 4. The van der Waals surface area contributed by atoms with E-state index in [1.54, 1.807) is 113 Å². The number of hydrogen-bond donors (Lipinski definition) is 12. The number of benzene rings is 1. The quantitative estimate of drug-likeness (QED) is 0.0909. The monoisotopic (exact) mass is 1400 g/mol. The summed E-state index contributed by atoms with van der Waals surface area (Å²) in [6.07, 6.45) is -3.10. The minimum atomic E-state index is -1.75. The highest BCUT2D eigenvalue weighted by Crippen LogP contribution is 2.21. The Morgan fingerprint density at radius 2 is 0.727 bits per heavy atom. The number of rotatable bonds is 13. The highest BCUT2D eigenvalue weighted by atomic mass is 16.3. The van der Waals surface area contributed by atoms with Gasteiger partial charge in [0.25, 0.3) is 0 Å². The van der Waals surface area contributed by atoms with Gasteiger partial charge in [0.05, 0.1) is 38.5 Å². The first-order chi connectivity index (χ1) is 46.0. The van der Waals surface area contributed by atoms with E-state index in [1.807, 2.05) is 0 Å². The van der Waals surface area contributed by atoms with E-state index in [1.165, 1.54) is 63.1 Å². The molecule has 32 heteroatoms. The van der Waals surface area contributed by atoms with Crippen LogP contribution in [0.4, 0.5) is 0 Å². The lowest BCUT2D eigenvalue weighted by atomic mass is 9.95. The Labute approximate surface area is 581 Å². The summed E-state index contributed by atoms with van der Waals surface area (Å²) in [4.78, 5) is 205. The fourth-order valence-electron chi connectivity index (χ4n) is 11.3. The van der Waals surface area contributed by atoms with Gasteiger partial charge in [0, 0.05) is 48.7 Å². The number of nitrogens with zero attached hydrogens (tertiary/aromatic N) is 6. The van der Waals surface area contributed by atoms with Crippen molar-refractivity contribution in [1.82, 2.24) is 71.9 Å². The van der Waals surface area contributed by atoms with Gasteiger partial charge in [0.2, 0.25) is 82.7 Å². The molecule has 1 heterocycles. The Balaban J connectivity index is 2.85. The molecule has 1 aromatic carbocycles. The van der Waals surface area contributed by atoms with Crippen molar-refractivity contribution in [3.05, 3.63) is 35.9 Å². The third-order valence-corrected chi connectivity index (χ3v) is 18.0. The van der Waals surface area contributed by atoms with Crippen LogP contribution in [0.5, 0.6) is 0 Å². The van der Waals surface area contributed by atoms with Gasteiger partial charge in [-0.05, 0) is 61.8 Å². The van der Waals surface area contributed by atoms with Crippen molar-refractivity contribution in [2.45, 2.75) is 201 Å². The molecule has 0 saturated carbocycles. The number of carbonyl (C=O) groups is 14. The first kappa shape index (κ1) is 86.7.